The van der Waals surface area contributed by atoms with E-state index in [2.05, 4.69) is 58.4 Å². The van der Waals surface area contributed by atoms with E-state index in [1.54, 1.807) is 24.4 Å². The van der Waals surface area contributed by atoms with Gasteiger partial charge in [-0.1, -0.05) is 12.1 Å². The van der Waals surface area contributed by atoms with Gasteiger partial charge in [0.25, 0.3) is 0 Å². The summed E-state index contributed by atoms with van der Waals surface area (Å²) in [5.41, 5.74) is 3.60. The Morgan fingerprint density at radius 2 is 1.75 bits per heavy atom. The van der Waals surface area contributed by atoms with Crippen LogP contribution in [-0.2, 0) is 10.0 Å². The fourth-order valence-corrected chi connectivity index (χ4v) is 4.69. The van der Waals surface area contributed by atoms with E-state index in [1.807, 2.05) is 25.1 Å². The molecule has 0 spiro atoms. The van der Waals surface area contributed by atoms with Crippen LogP contribution < -0.4 is 20.3 Å². The lowest BCUT2D eigenvalue weighted by Gasteiger charge is -2.32. The molecular weight excluding hydrogens is 478 g/mol. The number of aryl methyl sites for hydroxylation is 1. The van der Waals surface area contributed by atoms with Crippen LogP contribution in [0.15, 0.2) is 48.7 Å². The largest absolute Gasteiger partial charge is 0.352 e. The van der Waals surface area contributed by atoms with Crippen molar-refractivity contribution in [1.82, 2.24) is 25.1 Å². The van der Waals surface area contributed by atoms with Crippen LogP contribution >= 0.6 is 0 Å². The van der Waals surface area contributed by atoms with Gasteiger partial charge >= 0.3 is 0 Å². The maximum atomic E-state index is 11.7. The van der Waals surface area contributed by atoms with Crippen molar-refractivity contribution in [1.29, 1.82) is 0 Å². The molecule has 5 rings (SSSR count). The van der Waals surface area contributed by atoms with Crippen molar-refractivity contribution < 1.29 is 8.42 Å². The zero-order chi connectivity index (χ0) is 25.3. The summed E-state index contributed by atoms with van der Waals surface area (Å²) < 4.78 is 26.0. The summed E-state index contributed by atoms with van der Waals surface area (Å²) in [7, 11) is -1.29. The number of fused-ring (bicyclic) bond motifs is 1. The molecule has 0 atom stereocenters. The van der Waals surface area contributed by atoms with Crippen LogP contribution in [-0.4, -0.2) is 73.0 Å². The van der Waals surface area contributed by atoms with E-state index in [0.29, 0.717) is 23.1 Å². The summed E-state index contributed by atoms with van der Waals surface area (Å²) in [6, 6.07) is 13.1. The third-order valence-electron chi connectivity index (χ3n) is 6.05. The molecule has 0 unspecified atom stereocenters. The summed E-state index contributed by atoms with van der Waals surface area (Å²) in [5, 5.41) is 15.3. The van der Waals surface area contributed by atoms with Gasteiger partial charge in [-0.25, -0.2) is 13.4 Å². The number of hydrogen-bond donors (Lipinski definition) is 4. The minimum atomic E-state index is -3.43. The lowest BCUT2D eigenvalue weighted by atomic mass is 10.2. The SMILES string of the molecule is Cc1cnc(Nc2ccc3c(N4CCN(C)CC4)n[nH]c3c2)nc1Nc1ccccc1NS(C)(=O)=O. The Kier molecular flexibility index (Phi) is 6.37. The van der Waals surface area contributed by atoms with E-state index in [9.17, 15) is 8.42 Å². The zero-order valence-electron chi connectivity index (χ0n) is 20.4. The van der Waals surface area contributed by atoms with E-state index in [-0.39, 0.29) is 0 Å². The summed E-state index contributed by atoms with van der Waals surface area (Å²) >= 11 is 0. The van der Waals surface area contributed by atoms with Gasteiger partial charge in [-0.15, -0.1) is 0 Å². The molecule has 188 valence electrons. The van der Waals surface area contributed by atoms with Crippen LogP contribution in [0.3, 0.4) is 0 Å². The lowest BCUT2D eigenvalue weighted by Crippen LogP contribution is -2.44. The number of aromatic nitrogens is 4. The first kappa shape index (κ1) is 23.8. The third kappa shape index (κ3) is 5.34. The second-order valence-corrected chi connectivity index (χ2v) is 10.7. The van der Waals surface area contributed by atoms with Crippen LogP contribution in [0.2, 0.25) is 0 Å². The lowest BCUT2D eigenvalue weighted by molar-refractivity contribution is 0.312. The molecule has 11 nitrogen and oxygen atoms in total. The number of likely N-dealkylation sites (N-methyl/N-ethyl adjacent to an activating group) is 1. The molecule has 2 aromatic carbocycles. The first-order chi connectivity index (χ1) is 17.2. The van der Waals surface area contributed by atoms with Crippen molar-refractivity contribution in [2.45, 2.75) is 6.92 Å². The van der Waals surface area contributed by atoms with Gasteiger partial charge in [0, 0.05) is 49.0 Å². The number of hydrogen-bond acceptors (Lipinski definition) is 9. The maximum absolute atomic E-state index is 11.7. The standard InChI is InChI=1S/C24H29N9O2S/c1-16-15-25-24(28-22(16)27-19-6-4-5-7-20(19)31-36(3,34)35)26-17-8-9-18-21(14-17)29-30-23(18)33-12-10-32(2)11-13-33/h4-9,14-15,31H,10-13H2,1-3H3,(H,29,30)(H2,25,26,27,28). The number of anilines is 6. The van der Waals surface area contributed by atoms with E-state index in [0.717, 1.165) is 60.4 Å². The number of sulfonamides is 1. The van der Waals surface area contributed by atoms with Crippen molar-refractivity contribution in [2.75, 3.05) is 59.7 Å². The summed E-state index contributed by atoms with van der Waals surface area (Å²) in [5.74, 6) is 1.95. The zero-order valence-corrected chi connectivity index (χ0v) is 21.2. The number of nitrogens with zero attached hydrogens (tertiary/aromatic N) is 5. The predicted molar refractivity (Wildman–Crippen MR) is 144 cm³/mol. The molecule has 36 heavy (non-hydrogen) atoms. The van der Waals surface area contributed by atoms with E-state index >= 15 is 0 Å². The molecule has 2 aromatic heterocycles. The Hall–Kier alpha value is -3.90. The van der Waals surface area contributed by atoms with Gasteiger partial charge in [-0.3, -0.25) is 9.82 Å². The fourth-order valence-electron chi connectivity index (χ4n) is 4.11. The number of para-hydroxylation sites is 2. The average molecular weight is 508 g/mol. The molecule has 1 saturated heterocycles. The van der Waals surface area contributed by atoms with Gasteiger partial charge in [-0.2, -0.15) is 10.1 Å². The Balaban J connectivity index is 1.35. The molecule has 0 radical (unpaired) electrons. The summed E-state index contributed by atoms with van der Waals surface area (Å²) in [6.45, 7) is 5.82. The predicted octanol–water partition coefficient (Wildman–Crippen LogP) is 3.27. The van der Waals surface area contributed by atoms with Gasteiger partial charge in [-0.05, 0) is 44.3 Å². The highest BCUT2D eigenvalue weighted by atomic mass is 32.2. The second-order valence-electron chi connectivity index (χ2n) is 8.99. The molecule has 4 aromatic rings. The normalized spacial score (nSPS) is 14.7. The van der Waals surface area contributed by atoms with Crippen LogP contribution in [0.5, 0.6) is 0 Å². The van der Waals surface area contributed by atoms with Gasteiger partial charge in [0.15, 0.2) is 5.82 Å². The summed E-state index contributed by atoms with van der Waals surface area (Å²) in [6.07, 6.45) is 2.83. The van der Waals surface area contributed by atoms with E-state index in [4.69, 9.17) is 0 Å². The van der Waals surface area contributed by atoms with Crippen molar-refractivity contribution in [2.24, 2.45) is 0 Å². The molecule has 0 saturated carbocycles. The van der Waals surface area contributed by atoms with Crippen molar-refractivity contribution in [3.05, 3.63) is 54.2 Å². The Bertz CT molecular complexity index is 1490. The van der Waals surface area contributed by atoms with Gasteiger partial charge in [0.05, 0.1) is 23.1 Å². The van der Waals surface area contributed by atoms with Crippen LogP contribution in [0.25, 0.3) is 10.9 Å². The topological polar surface area (TPSA) is 131 Å². The van der Waals surface area contributed by atoms with Crippen LogP contribution in [0, 0.1) is 6.92 Å². The van der Waals surface area contributed by atoms with Crippen LogP contribution in [0.4, 0.5) is 34.6 Å². The Morgan fingerprint density at radius 1 is 1.00 bits per heavy atom. The maximum Gasteiger partial charge on any atom is 0.229 e. The van der Waals surface area contributed by atoms with Gasteiger partial charge in [0.2, 0.25) is 16.0 Å². The smallest absolute Gasteiger partial charge is 0.229 e. The number of benzene rings is 2. The van der Waals surface area contributed by atoms with Crippen LogP contribution in [0.1, 0.15) is 5.56 Å². The molecule has 4 N–H and O–H groups in total. The molecule has 1 aliphatic rings. The van der Waals surface area contributed by atoms with Gasteiger partial charge < -0.3 is 20.4 Å². The fraction of sp³-hybridized carbons (Fsp3) is 0.292. The number of aromatic amines is 1. The molecule has 3 heterocycles. The molecule has 0 aliphatic carbocycles. The number of nitrogens with one attached hydrogen (secondary N) is 4. The Labute approximate surface area is 210 Å². The quantitative estimate of drug-likeness (QED) is 0.298. The van der Waals surface area contributed by atoms with E-state index < -0.39 is 10.0 Å². The highest BCUT2D eigenvalue weighted by molar-refractivity contribution is 7.92. The molecular formula is C24H29N9O2S. The van der Waals surface area contributed by atoms with Gasteiger partial charge in [0.1, 0.15) is 5.82 Å². The van der Waals surface area contributed by atoms with Crippen molar-refractivity contribution in [3.8, 4) is 0 Å². The van der Waals surface area contributed by atoms with Crippen molar-refractivity contribution in [3.63, 3.8) is 0 Å². The van der Waals surface area contributed by atoms with Crippen molar-refractivity contribution >= 4 is 55.6 Å². The molecule has 12 heteroatoms. The first-order valence-electron chi connectivity index (χ1n) is 11.6. The second kappa shape index (κ2) is 9.63. The molecule has 0 amide bonds. The molecule has 0 bridgehead atoms. The minimum absolute atomic E-state index is 0.412. The van der Waals surface area contributed by atoms with E-state index in [1.165, 1.54) is 0 Å². The highest BCUT2D eigenvalue weighted by Gasteiger charge is 2.19. The molecule has 1 aliphatic heterocycles. The number of rotatable bonds is 7. The number of H-pyrrole nitrogens is 1. The molecule has 1 fully saturated rings. The monoisotopic (exact) mass is 507 g/mol. The number of piperazine rings is 1. The summed E-state index contributed by atoms with van der Waals surface area (Å²) in [4.78, 5) is 13.7. The Morgan fingerprint density at radius 3 is 2.50 bits per heavy atom. The minimum Gasteiger partial charge on any atom is -0.352 e. The average Bonchev–Trinajstić information content (AvgIpc) is 3.25. The first-order valence-corrected chi connectivity index (χ1v) is 13.5. The highest BCUT2D eigenvalue weighted by Crippen LogP contribution is 2.30. The third-order valence-corrected chi connectivity index (χ3v) is 6.64.